The highest BCUT2D eigenvalue weighted by Crippen LogP contribution is 2.33. The van der Waals surface area contributed by atoms with E-state index in [-0.39, 0.29) is 6.04 Å². The lowest BCUT2D eigenvalue weighted by Crippen LogP contribution is -2.46. The van der Waals surface area contributed by atoms with E-state index < -0.39 is 5.60 Å². The highest BCUT2D eigenvalue weighted by molar-refractivity contribution is 5.91. The van der Waals surface area contributed by atoms with Crippen molar-refractivity contribution in [2.45, 2.75) is 37.8 Å². The van der Waals surface area contributed by atoms with Crippen LogP contribution in [-0.4, -0.2) is 24.4 Å². The molecule has 0 saturated heterocycles. The molecule has 112 valence electrons. The number of aliphatic hydroxyl groups is 1. The van der Waals surface area contributed by atoms with Gasteiger partial charge < -0.3 is 15.2 Å². The summed E-state index contributed by atoms with van der Waals surface area (Å²) in [4.78, 5) is 0. The van der Waals surface area contributed by atoms with E-state index in [4.69, 9.17) is 4.74 Å². The minimum absolute atomic E-state index is 0.199. The second-order valence-corrected chi connectivity index (χ2v) is 6.08. The van der Waals surface area contributed by atoms with E-state index in [2.05, 4.69) is 36.5 Å². The van der Waals surface area contributed by atoms with Crippen molar-refractivity contribution in [3.63, 3.8) is 0 Å². The molecule has 3 heteroatoms. The summed E-state index contributed by atoms with van der Waals surface area (Å²) in [5.74, 6) is 0.902. The first kappa shape index (κ1) is 14.4. The summed E-state index contributed by atoms with van der Waals surface area (Å²) in [6, 6.07) is 12.6. The van der Waals surface area contributed by atoms with Crippen LogP contribution in [0.15, 0.2) is 36.4 Å². The van der Waals surface area contributed by atoms with Gasteiger partial charge in [-0.25, -0.2) is 0 Å². The fourth-order valence-electron chi connectivity index (χ4n) is 3.07. The standard InChI is InChI=1S/C18H23NO2/c1-13(19-12-18(20)10-5-11-18)14-8-9-17(21-2)16-7-4-3-6-15(14)16/h3-4,6-9,13,19-20H,5,10-12H2,1-2H3. The molecule has 3 nitrogen and oxygen atoms in total. The molecule has 2 N–H and O–H groups in total. The lowest BCUT2D eigenvalue weighted by atomic mass is 9.80. The zero-order valence-electron chi connectivity index (χ0n) is 12.7. The first-order valence-corrected chi connectivity index (χ1v) is 7.64. The van der Waals surface area contributed by atoms with Crippen molar-refractivity contribution < 1.29 is 9.84 Å². The molecule has 21 heavy (non-hydrogen) atoms. The second-order valence-electron chi connectivity index (χ2n) is 6.08. The quantitative estimate of drug-likeness (QED) is 0.884. The van der Waals surface area contributed by atoms with E-state index in [9.17, 15) is 5.11 Å². The monoisotopic (exact) mass is 285 g/mol. The molecule has 2 aromatic rings. The molecular weight excluding hydrogens is 262 g/mol. The van der Waals surface area contributed by atoms with Crippen LogP contribution in [0.3, 0.4) is 0 Å². The zero-order valence-corrected chi connectivity index (χ0v) is 12.7. The Morgan fingerprint density at radius 1 is 1.19 bits per heavy atom. The molecule has 0 radical (unpaired) electrons. The topological polar surface area (TPSA) is 41.5 Å². The molecule has 0 spiro atoms. The number of fused-ring (bicyclic) bond motifs is 1. The smallest absolute Gasteiger partial charge is 0.126 e. The third-order valence-electron chi connectivity index (χ3n) is 4.63. The third-order valence-corrected chi connectivity index (χ3v) is 4.63. The van der Waals surface area contributed by atoms with E-state index in [0.29, 0.717) is 6.54 Å². The Morgan fingerprint density at radius 3 is 2.52 bits per heavy atom. The van der Waals surface area contributed by atoms with E-state index >= 15 is 0 Å². The summed E-state index contributed by atoms with van der Waals surface area (Å²) in [6.07, 6.45) is 2.96. The lowest BCUT2D eigenvalue weighted by molar-refractivity contribution is -0.0329. The Labute approximate surface area is 125 Å². The Morgan fingerprint density at radius 2 is 1.90 bits per heavy atom. The number of hydrogen-bond acceptors (Lipinski definition) is 3. The lowest BCUT2D eigenvalue weighted by Gasteiger charge is -2.37. The normalized spacial score (nSPS) is 18.2. The van der Waals surface area contributed by atoms with E-state index in [1.807, 2.05) is 12.1 Å². The summed E-state index contributed by atoms with van der Waals surface area (Å²) in [5.41, 5.74) is 0.755. The van der Waals surface area contributed by atoms with E-state index in [1.165, 1.54) is 10.9 Å². The number of methoxy groups -OCH3 is 1. The third kappa shape index (κ3) is 2.76. The van der Waals surface area contributed by atoms with Gasteiger partial charge in [-0.05, 0) is 43.2 Å². The molecule has 1 unspecified atom stereocenters. The fourth-order valence-corrected chi connectivity index (χ4v) is 3.07. The molecule has 1 atom stereocenters. The van der Waals surface area contributed by atoms with Crippen molar-refractivity contribution in [2.75, 3.05) is 13.7 Å². The van der Waals surface area contributed by atoms with Crippen molar-refractivity contribution in [3.8, 4) is 5.75 Å². The highest BCUT2D eigenvalue weighted by Gasteiger charge is 2.34. The Kier molecular flexibility index (Phi) is 3.87. The fraction of sp³-hybridized carbons (Fsp3) is 0.444. The van der Waals surface area contributed by atoms with Gasteiger partial charge in [-0.1, -0.05) is 30.3 Å². The number of benzene rings is 2. The van der Waals surface area contributed by atoms with Crippen LogP contribution in [0.25, 0.3) is 10.8 Å². The van der Waals surface area contributed by atoms with Gasteiger partial charge in [0.25, 0.3) is 0 Å². The largest absolute Gasteiger partial charge is 0.496 e. The maximum Gasteiger partial charge on any atom is 0.126 e. The van der Waals surface area contributed by atoms with Gasteiger partial charge in [0, 0.05) is 18.0 Å². The van der Waals surface area contributed by atoms with Crippen molar-refractivity contribution in [2.24, 2.45) is 0 Å². The van der Waals surface area contributed by atoms with Gasteiger partial charge in [0.1, 0.15) is 5.75 Å². The first-order valence-electron chi connectivity index (χ1n) is 7.64. The Hall–Kier alpha value is -1.58. The van der Waals surface area contributed by atoms with E-state index in [1.54, 1.807) is 7.11 Å². The number of nitrogens with one attached hydrogen (secondary N) is 1. The molecule has 1 aliphatic carbocycles. The molecule has 0 amide bonds. The number of rotatable bonds is 5. The average molecular weight is 285 g/mol. The van der Waals surface area contributed by atoms with Crippen LogP contribution in [0.2, 0.25) is 0 Å². The SMILES string of the molecule is COc1ccc(C(C)NCC2(O)CCC2)c2ccccc12. The van der Waals surface area contributed by atoms with Crippen LogP contribution in [0.5, 0.6) is 5.75 Å². The molecule has 0 bridgehead atoms. The summed E-state index contributed by atoms with van der Waals surface area (Å²) >= 11 is 0. The molecule has 0 heterocycles. The van der Waals surface area contributed by atoms with E-state index in [0.717, 1.165) is 30.4 Å². The van der Waals surface area contributed by atoms with Crippen molar-refractivity contribution >= 4 is 10.8 Å². The molecule has 1 saturated carbocycles. The zero-order chi connectivity index (χ0) is 14.9. The van der Waals surface area contributed by atoms with Gasteiger partial charge in [0.2, 0.25) is 0 Å². The van der Waals surface area contributed by atoms with Gasteiger partial charge in [0.15, 0.2) is 0 Å². The molecular formula is C18H23NO2. The summed E-state index contributed by atoms with van der Waals surface area (Å²) in [7, 11) is 1.70. The van der Waals surface area contributed by atoms with Crippen LogP contribution in [-0.2, 0) is 0 Å². The minimum Gasteiger partial charge on any atom is -0.496 e. The van der Waals surface area contributed by atoms with Gasteiger partial charge in [-0.15, -0.1) is 0 Å². The predicted molar refractivity (Wildman–Crippen MR) is 85.7 cm³/mol. The number of ether oxygens (including phenoxy) is 1. The van der Waals surface area contributed by atoms with Crippen LogP contribution < -0.4 is 10.1 Å². The van der Waals surface area contributed by atoms with Gasteiger partial charge in [-0.2, -0.15) is 0 Å². The summed E-state index contributed by atoms with van der Waals surface area (Å²) in [5, 5.41) is 16.0. The van der Waals surface area contributed by atoms with Crippen LogP contribution in [0.4, 0.5) is 0 Å². The molecule has 1 fully saturated rings. The van der Waals surface area contributed by atoms with Gasteiger partial charge >= 0.3 is 0 Å². The first-order chi connectivity index (χ1) is 10.1. The van der Waals surface area contributed by atoms with Crippen LogP contribution in [0.1, 0.15) is 37.8 Å². The Balaban J connectivity index is 1.85. The maximum absolute atomic E-state index is 10.2. The second kappa shape index (κ2) is 5.66. The maximum atomic E-state index is 10.2. The summed E-state index contributed by atoms with van der Waals surface area (Å²) in [6.45, 7) is 2.81. The molecule has 1 aliphatic rings. The highest BCUT2D eigenvalue weighted by atomic mass is 16.5. The number of hydrogen-bond donors (Lipinski definition) is 2. The predicted octanol–water partition coefficient (Wildman–Crippen LogP) is 3.41. The van der Waals surface area contributed by atoms with Crippen LogP contribution >= 0.6 is 0 Å². The van der Waals surface area contributed by atoms with Gasteiger partial charge in [0.05, 0.1) is 12.7 Å². The minimum atomic E-state index is -0.490. The molecule has 2 aromatic carbocycles. The van der Waals surface area contributed by atoms with Crippen molar-refractivity contribution in [1.82, 2.24) is 5.32 Å². The molecule has 0 aromatic heterocycles. The molecule has 3 rings (SSSR count). The van der Waals surface area contributed by atoms with Crippen molar-refractivity contribution in [3.05, 3.63) is 42.0 Å². The Bertz CT molecular complexity index is 634. The van der Waals surface area contributed by atoms with Gasteiger partial charge in [-0.3, -0.25) is 0 Å². The average Bonchev–Trinajstić information content (AvgIpc) is 2.49. The summed E-state index contributed by atoms with van der Waals surface area (Å²) < 4.78 is 5.44. The molecule has 0 aliphatic heterocycles. The van der Waals surface area contributed by atoms with Crippen molar-refractivity contribution in [1.29, 1.82) is 0 Å². The van der Waals surface area contributed by atoms with Crippen LogP contribution in [0, 0.1) is 0 Å².